The van der Waals surface area contributed by atoms with Gasteiger partial charge in [0.15, 0.2) is 0 Å². The second kappa shape index (κ2) is 8.37. The van der Waals surface area contributed by atoms with E-state index in [4.69, 9.17) is 9.84 Å². The number of ether oxygens (including phenoxy) is 1. The van der Waals surface area contributed by atoms with Crippen LogP contribution in [0.1, 0.15) is 12.8 Å². The van der Waals surface area contributed by atoms with Crippen LogP contribution in [0.4, 0.5) is 14.9 Å². The largest absolute Gasteiger partial charge is 0.494 e. The maximum absolute atomic E-state index is 13.3. The molecule has 0 bridgehead atoms. The third kappa shape index (κ3) is 4.74. The zero-order valence-electron chi connectivity index (χ0n) is 13.6. The first-order valence-electron chi connectivity index (χ1n) is 7.84. The molecule has 1 aliphatic heterocycles. The number of halogens is 1. The number of hydrogen-bond donors (Lipinski definition) is 2. The summed E-state index contributed by atoms with van der Waals surface area (Å²) in [5, 5.41) is 11.3. The molecule has 0 aliphatic carbocycles. The Balaban J connectivity index is 1.83. The number of urea groups is 1. The number of rotatable bonds is 6. The van der Waals surface area contributed by atoms with Gasteiger partial charge >= 0.3 is 12.0 Å². The maximum atomic E-state index is 13.3. The van der Waals surface area contributed by atoms with E-state index in [1.54, 1.807) is 11.0 Å². The fraction of sp³-hybridized carbons (Fsp3) is 0.500. The van der Waals surface area contributed by atoms with E-state index in [1.165, 1.54) is 19.2 Å². The van der Waals surface area contributed by atoms with Crippen LogP contribution < -0.4 is 15.0 Å². The van der Waals surface area contributed by atoms with Gasteiger partial charge in [0.25, 0.3) is 0 Å². The van der Waals surface area contributed by atoms with E-state index >= 15 is 0 Å². The minimum Gasteiger partial charge on any atom is -0.494 e. The Morgan fingerprint density at radius 2 is 2.00 bits per heavy atom. The molecule has 1 fully saturated rings. The zero-order chi connectivity index (χ0) is 17.5. The van der Waals surface area contributed by atoms with Gasteiger partial charge in [0, 0.05) is 45.2 Å². The van der Waals surface area contributed by atoms with Crippen LogP contribution in [0.3, 0.4) is 0 Å². The van der Waals surface area contributed by atoms with Crippen molar-refractivity contribution in [3.8, 4) is 5.75 Å². The molecular weight excluding hydrogens is 317 g/mol. The highest BCUT2D eigenvalue weighted by Gasteiger charge is 2.23. The first-order chi connectivity index (χ1) is 11.5. The Kier molecular flexibility index (Phi) is 6.22. The summed E-state index contributed by atoms with van der Waals surface area (Å²) in [6, 6.07) is 4.22. The lowest BCUT2D eigenvalue weighted by atomic mass is 10.2. The molecule has 8 heteroatoms. The Morgan fingerprint density at radius 3 is 2.62 bits per heavy atom. The molecule has 1 saturated heterocycles. The van der Waals surface area contributed by atoms with Crippen LogP contribution in [0, 0.1) is 5.82 Å². The highest BCUT2D eigenvalue weighted by atomic mass is 19.1. The third-order valence-corrected chi connectivity index (χ3v) is 3.89. The molecule has 0 radical (unpaired) electrons. The first kappa shape index (κ1) is 17.8. The SMILES string of the molecule is COc1cc(F)ccc1N1CCN(C(=O)NCCCC(=O)O)CC1. The molecule has 1 aliphatic rings. The van der Waals surface area contributed by atoms with Gasteiger partial charge in [0.05, 0.1) is 12.8 Å². The molecule has 1 aromatic carbocycles. The Hall–Kier alpha value is -2.51. The average Bonchev–Trinajstić information content (AvgIpc) is 2.58. The summed E-state index contributed by atoms with van der Waals surface area (Å²) in [6.07, 6.45) is 0.451. The number of nitrogens with zero attached hydrogens (tertiary/aromatic N) is 2. The van der Waals surface area contributed by atoms with Crippen molar-refractivity contribution in [2.24, 2.45) is 0 Å². The van der Waals surface area contributed by atoms with Gasteiger partial charge in [-0.05, 0) is 18.6 Å². The van der Waals surface area contributed by atoms with Crippen LogP contribution in [0.5, 0.6) is 5.75 Å². The number of piperazine rings is 1. The summed E-state index contributed by atoms with van der Waals surface area (Å²) in [7, 11) is 1.50. The van der Waals surface area contributed by atoms with Crippen molar-refractivity contribution in [1.82, 2.24) is 10.2 Å². The highest BCUT2D eigenvalue weighted by Crippen LogP contribution is 2.29. The molecule has 0 atom stereocenters. The van der Waals surface area contributed by atoms with E-state index in [2.05, 4.69) is 5.32 Å². The number of carbonyl (C=O) groups excluding carboxylic acids is 1. The maximum Gasteiger partial charge on any atom is 0.317 e. The number of carbonyl (C=O) groups is 2. The Morgan fingerprint density at radius 1 is 1.29 bits per heavy atom. The standard InChI is InChI=1S/C16H22FN3O4/c1-24-14-11-12(17)4-5-13(14)19-7-9-20(10-8-19)16(23)18-6-2-3-15(21)22/h4-5,11H,2-3,6-10H2,1H3,(H,18,23)(H,21,22). The van der Waals surface area contributed by atoms with Crippen molar-refractivity contribution < 1.29 is 23.8 Å². The van der Waals surface area contributed by atoms with E-state index in [0.29, 0.717) is 44.9 Å². The number of carboxylic acids is 1. The van der Waals surface area contributed by atoms with Crippen LogP contribution >= 0.6 is 0 Å². The van der Waals surface area contributed by atoms with Gasteiger partial charge in [-0.1, -0.05) is 0 Å². The predicted molar refractivity (Wildman–Crippen MR) is 87.0 cm³/mol. The van der Waals surface area contributed by atoms with Gasteiger partial charge in [-0.3, -0.25) is 4.79 Å². The van der Waals surface area contributed by atoms with Crippen molar-refractivity contribution in [2.75, 3.05) is 44.7 Å². The molecule has 24 heavy (non-hydrogen) atoms. The summed E-state index contributed by atoms with van der Waals surface area (Å²) in [5.41, 5.74) is 0.806. The molecule has 0 saturated carbocycles. The quantitative estimate of drug-likeness (QED) is 0.768. The second-order valence-electron chi connectivity index (χ2n) is 5.52. The van der Waals surface area contributed by atoms with Crippen LogP contribution in [0.25, 0.3) is 0 Å². The van der Waals surface area contributed by atoms with Gasteiger partial charge in [0.1, 0.15) is 11.6 Å². The number of carboxylic acid groups (broad SMARTS) is 1. The lowest BCUT2D eigenvalue weighted by Crippen LogP contribution is -2.52. The Labute approximate surface area is 140 Å². The van der Waals surface area contributed by atoms with Crippen molar-refractivity contribution >= 4 is 17.7 Å². The van der Waals surface area contributed by atoms with Crippen LogP contribution in [0.2, 0.25) is 0 Å². The fourth-order valence-electron chi connectivity index (χ4n) is 2.61. The van der Waals surface area contributed by atoms with Crippen molar-refractivity contribution in [3.05, 3.63) is 24.0 Å². The number of anilines is 1. The minimum atomic E-state index is -0.869. The van der Waals surface area contributed by atoms with Crippen LogP contribution in [-0.4, -0.2) is 61.8 Å². The topological polar surface area (TPSA) is 82.1 Å². The first-order valence-corrected chi connectivity index (χ1v) is 7.84. The van der Waals surface area contributed by atoms with Crippen molar-refractivity contribution in [3.63, 3.8) is 0 Å². The van der Waals surface area contributed by atoms with E-state index in [9.17, 15) is 14.0 Å². The zero-order valence-corrected chi connectivity index (χ0v) is 13.6. The molecule has 2 amide bonds. The van der Waals surface area contributed by atoms with E-state index in [0.717, 1.165) is 5.69 Å². The fourth-order valence-corrected chi connectivity index (χ4v) is 2.61. The molecule has 0 spiro atoms. The third-order valence-electron chi connectivity index (χ3n) is 3.89. The average molecular weight is 339 g/mol. The summed E-state index contributed by atoms with van der Waals surface area (Å²) in [6.45, 7) is 2.64. The van der Waals surface area contributed by atoms with Gasteiger partial charge in [-0.25, -0.2) is 9.18 Å². The minimum absolute atomic E-state index is 0.0401. The van der Waals surface area contributed by atoms with Crippen molar-refractivity contribution in [1.29, 1.82) is 0 Å². The van der Waals surface area contributed by atoms with Gasteiger partial charge < -0.3 is 25.0 Å². The number of amides is 2. The molecule has 0 aromatic heterocycles. The van der Waals surface area contributed by atoms with Crippen molar-refractivity contribution in [2.45, 2.75) is 12.8 Å². The number of nitrogens with one attached hydrogen (secondary N) is 1. The summed E-state index contributed by atoms with van der Waals surface area (Å²) in [4.78, 5) is 26.2. The van der Waals surface area contributed by atoms with E-state index < -0.39 is 5.97 Å². The normalized spacial score (nSPS) is 14.4. The summed E-state index contributed by atoms with van der Waals surface area (Å²) >= 11 is 0. The summed E-state index contributed by atoms with van der Waals surface area (Å²) in [5.74, 6) is -0.748. The smallest absolute Gasteiger partial charge is 0.317 e. The number of aliphatic carboxylic acids is 1. The molecule has 0 unspecified atom stereocenters. The lowest BCUT2D eigenvalue weighted by molar-refractivity contribution is -0.137. The monoisotopic (exact) mass is 339 g/mol. The number of hydrogen-bond acceptors (Lipinski definition) is 4. The molecule has 132 valence electrons. The predicted octanol–water partition coefficient (Wildman–Crippen LogP) is 1.53. The Bertz CT molecular complexity index is 589. The number of benzene rings is 1. The van der Waals surface area contributed by atoms with E-state index in [-0.39, 0.29) is 18.3 Å². The van der Waals surface area contributed by atoms with E-state index in [1.807, 2.05) is 4.90 Å². The molecular formula is C16H22FN3O4. The highest BCUT2D eigenvalue weighted by molar-refractivity contribution is 5.74. The van der Waals surface area contributed by atoms with Gasteiger partial charge in [0.2, 0.25) is 0 Å². The summed E-state index contributed by atoms with van der Waals surface area (Å²) < 4.78 is 18.5. The van der Waals surface area contributed by atoms with Gasteiger partial charge in [-0.15, -0.1) is 0 Å². The molecule has 1 aromatic rings. The molecule has 1 heterocycles. The van der Waals surface area contributed by atoms with Crippen LogP contribution in [-0.2, 0) is 4.79 Å². The van der Waals surface area contributed by atoms with Gasteiger partial charge in [-0.2, -0.15) is 0 Å². The number of methoxy groups -OCH3 is 1. The molecule has 7 nitrogen and oxygen atoms in total. The molecule has 2 rings (SSSR count). The molecule has 2 N–H and O–H groups in total. The lowest BCUT2D eigenvalue weighted by Gasteiger charge is -2.36. The second-order valence-corrected chi connectivity index (χ2v) is 5.52. The van der Waals surface area contributed by atoms with Crippen LogP contribution in [0.15, 0.2) is 18.2 Å².